The first-order valence-electron chi connectivity index (χ1n) is 6.45. The van der Waals surface area contributed by atoms with E-state index in [4.69, 9.17) is 5.11 Å². The predicted octanol–water partition coefficient (Wildman–Crippen LogP) is 0.840. The van der Waals surface area contributed by atoms with E-state index in [-0.39, 0.29) is 17.7 Å². The van der Waals surface area contributed by atoms with Crippen molar-refractivity contribution >= 4 is 22.8 Å². The van der Waals surface area contributed by atoms with Crippen molar-refractivity contribution in [2.24, 2.45) is 0 Å². The van der Waals surface area contributed by atoms with E-state index < -0.39 is 22.3 Å². The zero-order valence-corrected chi connectivity index (χ0v) is 12.2. The van der Waals surface area contributed by atoms with E-state index in [9.17, 15) is 13.8 Å². The fraction of sp³-hybridized carbons (Fsp3) is 0.833. The lowest BCUT2D eigenvalue weighted by Gasteiger charge is -2.41. The molecule has 2 unspecified atom stereocenters. The Morgan fingerprint density at radius 3 is 2.47 bits per heavy atom. The molecular weight excluding hydrogens is 268 g/mol. The number of carbonyl (C=O) groups is 2. The maximum absolute atomic E-state index is 11.7. The van der Waals surface area contributed by atoms with Gasteiger partial charge >= 0.3 is 12.0 Å². The van der Waals surface area contributed by atoms with Crippen LogP contribution in [0.15, 0.2) is 0 Å². The Morgan fingerprint density at radius 2 is 2.05 bits per heavy atom. The molecule has 7 heteroatoms. The number of amides is 2. The molecule has 2 atom stereocenters. The standard InChI is InChI=1S/C12H22N2O4S/c1-9(19(2)18)4-7-13-11(17)14-12(5-3-6-12)8-10(15)16/h9H,3-8H2,1-2H3,(H,15,16)(H2,13,14,17). The Morgan fingerprint density at radius 1 is 1.42 bits per heavy atom. The van der Waals surface area contributed by atoms with Gasteiger partial charge in [0.05, 0.1) is 12.0 Å². The average Bonchev–Trinajstić information content (AvgIpc) is 2.25. The fourth-order valence-electron chi connectivity index (χ4n) is 2.08. The number of hydrogen-bond donors (Lipinski definition) is 3. The molecule has 0 aromatic carbocycles. The molecule has 0 saturated heterocycles. The van der Waals surface area contributed by atoms with Gasteiger partial charge in [0.15, 0.2) is 0 Å². The van der Waals surface area contributed by atoms with Crippen LogP contribution in [0.1, 0.15) is 39.0 Å². The molecule has 0 radical (unpaired) electrons. The summed E-state index contributed by atoms with van der Waals surface area (Å²) < 4.78 is 11.1. The maximum atomic E-state index is 11.7. The molecule has 1 rings (SSSR count). The summed E-state index contributed by atoms with van der Waals surface area (Å²) >= 11 is 0. The van der Waals surface area contributed by atoms with Gasteiger partial charge in [0.2, 0.25) is 0 Å². The topological polar surface area (TPSA) is 95.5 Å². The molecule has 0 aromatic rings. The Hall–Kier alpha value is -1.11. The highest BCUT2D eigenvalue weighted by Gasteiger charge is 2.40. The van der Waals surface area contributed by atoms with Gasteiger partial charge in [-0.25, -0.2) is 4.79 Å². The summed E-state index contributed by atoms with van der Waals surface area (Å²) in [5.41, 5.74) is -0.574. The monoisotopic (exact) mass is 290 g/mol. The number of aliphatic carboxylic acids is 1. The number of carboxylic acid groups (broad SMARTS) is 1. The van der Waals surface area contributed by atoms with Gasteiger partial charge in [0.1, 0.15) is 0 Å². The summed E-state index contributed by atoms with van der Waals surface area (Å²) in [6.07, 6.45) is 4.61. The van der Waals surface area contributed by atoms with Crippen LogP contribution in [0.25, 0.3) is 0 Å². The van der Waals surface area contributed by atoms with Crippen LogP contribution < -0.4 is 10.6 Å². The molecule has 3 N–H and O–H groups in total. The Bertz CT molecular complexity index is 369. The highest BCUT2D eigenvalue weighted by atomic mass is 32.2. The van der Waals surface area contributed by atoms with Crippen molar-refractivity contribution in [3.8, 4) is 0 Å². The Kier molecular flexibility index (Phi) is 5.78. The highest BCUT2D eigenvalue weighted by molar-refractivity contribution is 7.84. The molecule has 0 spiro atoms. The van der Waals surface area contributed by atoms with Crippen LogP contribution in [-0.4, -0.2) is 44.9 Å². The quantitative estimate of drug-likeness (QED) is 0.647. The second-order valence-corrected chi connectivity index (χ2v) is 6.99. The number of hydrogen-bond acceptors (Lipinski definition) is 3. The first kappa shape index (κ1) is 15.9. The lowest BCUT2D eigenvalue weighted by atomic mass is 9.74. The number of carbonyl (C=O) groups excluding carboxylic acids is 1. The smallest absolute Gasteiger partial charge is 0.315 e. The minimum atomic E-state index is -0.894. The molecule has 0 aromatic heterocycles. The Labute approximate surface area is 115 Å². The van der Waals surface area contributed by atoms with E-state index >= 15 is 0 Å². The van der Waals surface area contributed by atoms with Crippen LogP contribution in [0.2, 0.25) is 0 Å². The molecular formula is C12H22N2O4S. The second kappa shape index (κ2) is 6.88. The van der Waals surface area contributed by atoms with Crippen molar-refractivity contribution in [2.45, 2.75) is 49.8 Å². The maximum Gasteiger partial charge on any atom is 0.315 e. The lowest BCUT2D eigenvalue weighted by molar-refractivity contribution is -0.139. The van der Waals surface area contributed by atoms with Gasteiger partial charge < -0.3 is 15.7 Å². The zero-order chi connectivity index (χ0) is 14.5. The summed E-state index contributed by atoms with van der Waals surface area (Å²) in [6.45, 7) is 2.31. The zero-order valence-electron chi connectivity index (χ0n) is 11.4. The van der Waals surface area contributed by atoms with Gasteiger partial charge in [0, 0.05) is 28.9 Å². The van der Waals surface area contributed by atoms with E-state index in [1.54, 1.807) is 6.26 Å². The van der Waals surface area contributed by atoms with Crippen molar-refractivity contribution in [2.75, 3.05) is 12.8 Å². The van der Waals surface area contributed by atoms with Gasteiger partial charge in [0.25, 0.3) is 0 Å². The average molecular weight is 290 g/mol. The minimum Gasteiger partial charge on any atom is -0.481 e. The number of urea groups is 1. The molecule has 1 aliphatic carbocycles. The number of rotatable bonds is 7. The van der Waals surface area contributed by atoms with Gasteiger partial charge in [-0.3, -0.25) is 9.00 Å². The number of nitrogens with one attached hydrogen (secondary N) is 2. The molecule has 0 heterocycles. The first-order valence-corrected chi connectivity index (χ1v) is 8.07. The second-order valence-electron chi connectivity index (χ2n) is 5.18. The summed E-state index contributed by atoms with van der Waals surface area (Å²) in [4.78, 5) is 22.5. The molecule has 19 heavy (non-hydrogen) atoms. The van der Waals surface area contributed by atoms with E-state index in [1.165, 1.54) is 0 Å². The number of carboxylic acids is 1. The molecule has 1 fully saturated rings. The van der Waals surface area contributed by atoms with E-state index in [0.717, 1.165) is 6.42 Å². The van der Waals surface area contributed by atoms with Crippen molar-refractivity contribution in [3.05, 3.63) is 0 Å². The van der Waals surface area contributed by atoms with Crippen LogP contribution in [-0.2, 0) is 15.6 Å². The van der Waals surface area contributed by atoms with Gasteiger partial charge in [-0.1, -0.05) is 6.92 Å². The minimum absolute atomic E-state index is 0.0319. The van der Waals surface area contributed by atoms with Crippen LogP contribution in [0.4, 0.5) is 4.79 Å². The van der Waals surface area contributed by atoms with E-state index in [1.807, 2.05) is 6.92 Å². The Balaban J connectivity index is 2.30. The fourth-order valence-corrected chi connectivity index (χ4v) is 2.53. The third-order valence-electron chi connectivity index (χ3n) is 3.58. The summed E-state index contributed by atoms with van der Waals surface area (Å²) in [7, 11) is -0.892. The molecule has 110 valence electrons. The normalized spacial score (nSPS) is 19.9. The summed E-state index contributed by atoms with van der Waals surface area (Å²) in [5.74, 6) is -0.894. The third kappa shape index (κ3) is 5.18. The van der Waals surface area contributed by atoms with Crippen LogP contribution in [0.3, 0.4) is 0 Å². The van der Waals surface area contributed by atoms with Crippen LogP contribution >= 0.6 is 0 Å². The van der Waals surface area contributed by atoms with Gasteiger partial charge in [-0.2, -0.15) is 0 Å². The molecule has 0 bridgehead atoms. The van der Waals surface area contributed by atoms with Crippen LogP contribution in [0, 0.1) is 0 Å². The molecule has 1 saturated carbocycles. The van der Waals surface area contributed by atoms with Crippen molar-refractivity contribution in [1.82, 2.24) is 10.6 Å². The summed E-state index contributed by atoms with van der Waals surface area (Å²) in [6, 6.07) is -0.338. The molecule has 6 nitrogen and oxygen atoms in total. The van der Waals surface area contributed by atoms with E-state index in [2.05, 4.69) is 10.6 Å². The van der Waals surface area contributed by atoms with Gasteiger partial charge in [-0.15, -0.1) is 0 Å². The van der Waals surface area contributed by atoms with Crippen molar-refractivity contribution in [1.29, 1.82) is 0 Å². The van der Waals surface area contributed by atoms with E-state index in [0.29, 0.717) is 25.8 Å². The van der Waals surface area contributed by atoms with Gasteiger partial charge in [-0.05, 0) is 25.7 Å². The third-order valence-corrected chi connectivity index (χ3v) is 4.95. The summed E-state index contributed by atoms with van der Waals surface area (Å²) in [5, 5.41) is 14.3. The molecule has 0 aliphatic heterocycles. The molecule has 2 amide bonds. The molecule has 1 aliphatic rings. The highest BCUT2D eigenvalue weighted by Crippen LogP contribution is 2.34. The first-order chi connectivity index (χ1) is 8.84. The lowest BCUT2D eigenvalue weighted by Crippen LogP contribution is -2.57. The largest absolute Gasteiger partial charge is 0.481 e. The van der Waals surface area contributed by atoms with Crippen molar-refractivity contribution < 1.29 is 18.9 Å². The van der Waals surface area contributed by atoms with Crippen LogP contribution in [0.5, 0.6) is 0 Å². The van der Waals surface area contributed by atoms with Crippen molar-refractivity contribution in [3.63, 3.8) is 0 Å². The SMILES string of the molecule is CC(CCNC(=O)NC1(CC(=O)O)CCC1)S(C)=O. The predicted molar refractivity (Wildman–Crippen MR) is 73.5 cm³/mol.